The third kappa shape index (κ3) is 4.56. The molecule has 6 nitrogen and oxygen atoms in total. The fourth-order valence-electron chi connectivity index (χ4n) is 4.99. The number of piperidine rings is 1. The second-order valence-corrected chi connectivity index (χ2v) is 8.82. The Balaban J connectivity index is 1.38. The zero-order valence-electron chi connectivity index (χ0n) is 18.4. The topological polar surface area (TPSA) is 70.7 Å². The predicted octanol–water partition coefficient (Wildman–Crippen LogP) is 3.47. The average molecular weight is 427 g/mol. The van der Waals surface area contributed by atoms with E-state index < -0.39 is 0 Å². The van der Waals surface area contributed by atoms with Crippen LogP contribution in [-0.2, 0) is 19.4 Å². The number of aryl methyl sites for hydroxylation is 3. The minimum Gasteiger partial charge on any atom is -0.411 e. The molecular weight excluding hydrogens is 395 g/mol. The maximum atomic E-state index is 13.4. The van der Waals surface area contributed by atoms with E-state index in [0.717, 1.165) is 86.5 Å². The van der Waals surface area contributed by atoms with Crippen LogP contribution in [0, 0.1) is 25.6 Å². The van der Waals surface area contributed by atoms with Crippen molar-refractivity contribution in [1.29, 1.82) is 0 Å². The van der Waals surface area contributed by atoms with Crippen LogP contribution in [0.25, 0.3) is 0 Å². The summed E-state index contributed by atoms with van der Waals surface area (Å²) < 4.78 is 15.3. The molecular formula is C24H31FN4O2. The van der Waals surface area contributed by atoms with Gasteiger partial charge in [0.1, 0.15) is 11.6 Å². The van der Waals surface area contributed by atoms with E-state index in [2.05, 4.69) is 10.1 Å². The summed E-state index contributed by atoms with van der Waals surface area (Å²) >= 11 is 0. The van der Waals surface area contributed by atoms with Gasteiger partial charge >= 0.3 is 0 Å². The van der Waals surface area contributed by atoms with Crippen molar-refractivity contribution in [3.8, 4) is 0 Å². The summed E-state index contributed by atoms with van der Waals surface area (Å²) in [5.74, 6) is 0.796. The largest absolute Gasteiger partial charge is 0.411 e. The molecule has 1 aromatic carbocycles. The molecule has 1 fully saturated rings. The Hall–Kier alpha value is -2.54. The number of oxime groups is 1. The molecule has 0 spiro atoms. The zero-order valence-corrected chi connectivity index (χ0v) is 18.4. The van der Waals surface area contributed by atoms with Gasteiger partial charge in [0.15, 0.2) is 0 Å². The molecule has 0 radical (unpaired) electrons. The fraction of sp³-hybridized carbons (Fsp3) is 0.542. The van der Waals surface area contributed by atoms with E-state index in [4.69, 9.17) is 4.98 Å². The van der Waals surface area contributed by atoms with Gasteiger partial charge in [-0.1, -0.05) is 5.16 Å². The van der Waals surface area contributed by atoms with Crippen molar-refractivity contribution >= 4 is 5.71 Å². The van der Waals surface area contributed by atoms with Gasteiger partial charge in [-0.05, 0) is 82.8 Å². The lowest BCUT2D eigenvalue weighted by molar-refractivity contribution is 0.208. The number of likely N-dealkylation sites (tertiary alicyclic amines) is 1. The van der Waals surface area contributed by atoms with E-state index in [1.54, 1.807) is 6.07 Å². The van der Waals surface area contributed by atoms with Crippen LogP contribution in [0.15, 0.2) is 28.1 Å². The van der Waals surface area contributed by atoms with Crippen LogP contribution in [0.5, 0.6) is 0 Å². The van der Waals surface area contributed by atoms with Gasteiger partial charge in [0.2, 0.25) is 0 Å². The van der Waals surface area contributed by atoms with E-state index in [0.29, 0.717) is 12.1 Å². The molecule has 31 heavy (non-hydrogen) atoms. The van der Waals surface area contributed by atoms with E-state index in [1.165, 1.54) is 12.1 Å². The molecule has 0 saturated carbocycles. The summed E-state index contributed by atoms with van der Waals surface area (Å²) in [5, 5.41) is 13.2. The van der Waals surface area contributed by atoms with Gasteiger partial charge in [-0.2, -0.15) is 0 Å². The Bertz CT molecular complexity index is 1040. The Morgan fingerprint density at radius 1 is 1.23 bits per heavy atom. The summed E-state index contributed by atoms with van der Waals surface area (Å²) in [6.45, 7) is 7.15. The number of hydrogen-bond acceptors (Lipinski definition) is 5. The molecule has 166 valence electrons. The van der Waals surface area contributed by atoms with Crippen LogP contribution in [0.1, 0.15) is 53.9 Å². The number of fused-ring (bicyclic) bond motifs is 1. The first-order valence-corrected chi connectivity index (χ1v) is 11.3. The van der Waals surface area contributed by atoms with E-state index in [9.17, 15) is 14.4 Å². The molecule has 0 atom stereocenters. The quantitative estimate of drug-likeness (QED) is 0.452. The van der Waals surface area contributed by atoms with Gasteiger partial charge in [0.25, 0.3) is 5.56 Å². The standard InChI is InChI=1S/C24H31FN4O2/c1-16-15-19(25)6-7-20(16)23(27-31)18-8-12-28(13-9-18)14-10-21-17(2)26-22-5-3-4-11-29(22)24(21)30/h6-7,15,18,31H,3-5,8-14H2,1-2H3/b27-23-. The maximum absolute atomic E-state index is 13.4. The van der Waals surface area contributed by atoms with Crippen LogP contribution < -0.4 is 5.56 Å². The van der Waals surface area contributed by atoms with Crippen LogP contribution in [-0.4, -0.2) is 45.0 Å². The van der Waals surface area contributed by atoms with Crippen molar-refractivity contribution in [3.05, 3.63) is 62.6 Å². The van der Waals surface area contributed by atoms with Crippen molar-refractivity contribution in [3.63, 3.8) is 0 Å². The molecule has 1 aromatic heterocycles. The Labute approximate surface area is 182 Å². The molecule has 2 aliphatic heterocycles. The van der Waals surface area contributed by atoms with Crippen LogP contribution in [0.4, 0.5) is 4.39 Å². The smallest absolute Gasteiger partial charge is 0.256 e. The highest BCUT2D eigenvalue weighted by atomic mass is 19.1. The number of aromatic nitrogens is 2. The highest BCUT2D eigenvalue weighted by molar-refractivity contribution is 6.03. The van der Waals surface area contributed by atoms with Gasteiger partial charge in [-0.3, -0.25) is 9.36 Å². The lowest BCUT2D eigenvalue weighted by Gasteiger charge is -2.32. The number of rotatable bonds is 5. The fourth-order valence-corrected chi connectivity index (χ4v) is 4.99. The lowest BCUT2D eigenvalue weighted by atomic mass is 9.86. The van der Waals surface area contributed by atoms with E-state index in [-0.39, 0.29) is 17.3 Å². The van der Waals surface area contributed by atoms with Gasteiger partial charge in [-0.15, -0.1) is 0 Å². The van der Waals surface area contributed by atoms with Gasteiger partial charge in [0, 0.05) is 42.2 Å². The summed E-state index contributed by atoms with van der Waals surface area (Å²) in [7, 11) is 0. The SMILES string of the molecule is Cc1cc(F)ccc1/C(=N\O)C1CCN(CCc2c(C)nc3n(c2=O)CCCC3)CC1. The third-order valence-corrected chi connectivity index (χ3v) is 6.80. The third-order valence-electron chi connectivity index (χ3n) is 6.80. The molecule has 7 heteroatoms. The number of nitrogens with zero attached hydrogens (tertiary/aromatic N) is 4. The van der Waals surface area contributed by atoms with Crippen molar-refractivity contribution in [2.75, 3.05) is 19.6 Å². The maximum Gasteiger partial charge on any atom is 0.256 e. The number of halogens is 1. The van der Waals surface area contributed by atoms with Gasteiger partial charge in [0.05, 0.1) is 5.71 Å². The molecule has 1 saturated heterocycles. The van der Waals surface area contributed by atoms with E-state index in [1.807, 2.05) is 18.4 Å². The summed E-state index contributed by atoms with van der Waals surface area (Å²) in [6, 6.07) is 4.59. The monoisotopic (exact) mass is 426 g/mol. The molecule has 2 aromatic rings. The van der Waals surface area contributed by atoms with Crippen molar-refractivity contribution in [2.24, 2.45) is 11.1 Å². The second-order valence-electron chi connectivity index (χ2n) is 8.82. The van der Waals surface area contributed by atoms with E-state index >= 15 is 0 Å². The highest BCUT2D eigenvalue weighted by Gasteiger charge is 2.26. The second kappa shape index (κ2) is 9.30. The van der Waals surface area contributed by atoms with Crippen molar-refractivity contribution in [1.82, 2.24) is 14.5 Å². The Morgan fingerprint density at radius 2 is 2.00 bits per heavy atom. The number of hydrogen-bond donors (Lipinski definition) is 1. The lowest BCUT2D eigenvalue weighted by Crippen LogP contribution is -2.39. The molecule has 3 heterocycles. The zero-order chi connectivity index (χ0) is 22.0. The molecule has 0 amide bonds. The molecule has 0 aliphatic carbocycles. The molecule has 4 rings (SSSR count). The first-order chi connectivity index (χ1) is 15.0. The summed E-state index contributed by atoms with van der Waals surface area (Å²) in [5.41, 5.74) is 4.09. The average Bonchev–Trinajstić information content (AvgIpc) is 2.76. The predicted molar refractivity (Wildman–Crippen MR) is 119 cm³/mol. The highest BCUT2D eigenvalue weighted by Crippen LogP contribution is 2.25. The van der Waals surface area contributed by atoms with Gasteiger partial charge < -0.3 is 10.1 Å². The minimum absolute atomic E-state index is 0.138. The van der Waals surface area contributed by atoms with Crippen LogP contribution in [0.3, 0.4) is 0 Å². The minimum atomic E-state index is -0.281. The first kappa shape index (κ1) is 21.7. The van der Waals surface area contributed by atoms with Gasteiger partial charge in [-0.25, -0.2) is 9.37 Å². The number of benzene rings is 1. The normalized spacial score (nSPS) is 18.2. The van der Waals surface area contributed by atoms with Crippen molar-refractivity contribution < 1.29 is 9.60 Å². The molecule has 0 bridgehead atoms. The van der Waals surface area contributed by atoms with Crippen LogP contribution in [0.2, 0.25) is 0 Å². The van der Waals surface area contributed by atoms with Crippen LogP contribution >= 0.6 is 0 Å². The Kier molecular flexibility index (Phi) is 6.51. The Morgan fingerprint density at radius 3 is 2.71 bits per heavy atom. The molecule has 1 N–H and O–H groups in total. The summed E-state index contributed by atoms with van der Waals surface area (Å²) in [4.78, 5) is 20.0. The first-order valence-electron chi connectivity index (χ1n) is 11.3. The summed E-state index contributed by atoms with van der Waals surface area (Å²) in [6.07, 6.45) is 5.50. The molecule has 0 unspecified atom stereocenters. The van der Waals surface area contributed by atoms with Crippen molar-refractivity contribution in [2.45, 2.75) is 58.9 Å². The molecule has 2 aliphatic rings.